The topological polar surface area (TPSA) is 50.5 Å². The van der Waals surface area contributed by atoms with Crippen LogP contribution >= 0.6 is 11.3 Å². The van der Waals surface area contributed by atoms with Crippen LogP contribution in [0.25, 0.3) is 15.9 Å². The minimum atomic E-state index is -0.238. The number of nitrogens with zero attached hydrogens (tertiary/aromatic N) is 4. The number of aromatic nitrogens is 2. The lowest BCUT2D eigenvalue weighted by atomic mass is 10.1. The summed E-state index contributed by atoms with van der Waals surface area (Å²) in [6.07, 6.45) is 1.72. The van der Waals surface area contributed by atoms with Gasteiger partial charge in [-0.05, 0) is 57.7 Å². The van der Waals surface area contributed by atoms with Crippen molar-refractivity contribution in [2.45, 2.75) is 32.9 Å². The summed E-state index contributed by atoms with van der Waals surface area (Å²) in [5, 5.41) is 0.744. The van der Waals surface area contributed by atoms with Gasteiger partial charge in [-0.3, -0.25) is 14.3 Å². The van der Waals surface area contributed by atoms with Crippen molar-refractivity contribution in [3.63, 3.8) is 0 Å². The maximum absolute atomic E-state index is 13.5. The molecule has 3 heterocycles. The Hall–Kier alpha value is -2.22. The zero-order chi connectivity index (χ0) is 20.5. The third-order valence-corrected chi connectivity index (χ3v) is 6.89. The first kappa shape index (κ1) is 20.1. The molecule has 1 aromatic carbocycles. The highest BCUT2D eigenvalue weighted by atomic mass is 32.1. The van der Waals surface area contributed by atoms with Crippen molar-refractivity contribution >= 4 is 21.6 Å². The molecule has 0 unspecified atom stereocenters. The third kappa shape index (κ3) is 3.70. The quantitative estimate of drug-likeness (QED) is 0.624. The highest BCUT2D eigenvalue weighted by Gasteiger charge is 2.26. The molecule has 0 fully saturated rings. The van der Waals surface area contributed by atoms with Crippen molar-refractivity contribution in [3.8, 4) is 5.69 Å². The second kappa shape index (κ2) is 8.26. The van der Waals surface area contributed by atoms with Gasteiger partial charge in [0.1, 0.15) is 4.83 Å². The molecule has 1 aliphatic heterocycles. The first-order chi connectivity index (χ1) is 14.0. The standard InChI is InChI=1S/C22H28N4O2S/c1-4-24-14-11-17-18(15-24)29-21-19(17)20(27)26(16-9-6-5-7-10-16)22(28)25(21)13-8-12-23(2)3/h5-7,9-10H,4,8,11-15H2,1-3H3. The minimum absolute atomic E-state index is 0.178. The van der Waals surface area contributed by atoms with Crippen LogP contribution in [0, 0.1) is 0 Å². The van der Waals surface area contributed by atoms with Crippen molar-refractivity contribution in [3.05, 3.63) is 61.6 Å². The van der Waals surface area contributed by atoms with Crippen LogP contribution in [0.2, 0.25) is 0 Å². The molecule has 0 amide bonds. The molecule has 6 nitrogen and oxygen atoms in total. The number of rotatable bonds is 6. The normalized spacial score (nSPS) is 14.6. The van der Waals surface area contributed by atoms with Gasteiger partial charge in [0.05, 0.1) is 11.1 Å². The number of hydrogen-bond acceptors (Lipinski definition) is 5. The van der Waals surface area contributed by atoms with Gasteiger partial charge >= 0.3 is 5.69 Å². The van der Waals surface area contributed by atoms with Gasteiger partial charge in [0.15, 0.2) is 0 Å². The largest absolute Gasteiger partial charge is 0.336 e. The van der Waals surface area contributed by atoms with Gasteiger partial charge in [-0.2, -0.15) is 0 Å². The van der Waals surface area contributed by atoms with Crippen molar-refractivity contribution in [1.29, 1.82) is 0 Å². The summed E-state index contributed by atoms with van der Waals surface area (Å²) in [5.41, 5.74) is 1.36. The summed E-state index contributed by atoms with van der Waals surface area (Å²) >= 11 is 1.63. The zero-order valence-electron chi connectivity index (χ0n) is 17.4. The molecule has 0 saturated heterocycles. The summed E-state index contributed by atoms with van der Waals surface area (Å²) in [4.78, 5) is 33.5. The van der Waals surface area contributed by atoms with Gasteiger partial charge in [0.25, 0.3) is 5.56 Å². The fourth-order valence-electron chi connectivity index (χ4n) is 4.08. The fraction of sp³-hybridized carbons (Fsp3) is 0.455. The molecule has 0 spiro atoms. The molecule has 4 rings (SSSR count). The van der Waals surface area contributed by atoms with E-state index in [1.807, 2.05) is 49.0 Å². The molecular weight excluding hydrogens is 384 g/mol. The maximum atomic E-state index is 13.5. The highest BCUT2D eigenvalue weighted by Crippen LogP contribution is 2.33. The van der Waals surface area contributed by atoms with Crippen molar-refractivity contribution < 1.29 is 0 Å². The Bertz CT molecular complexity index is 1130. The van der Waals surface area contributed by atoms with E-state index in [0.29, 0.717) is 12.2 Å². The monoisotopic (exact) mass is 412 g/mol. The number of fused-ring (bicyclic) bond motifs is 3. The smallest absolute Gasteiger partial charge is 0.309 e. The number of hydrogen-bond donors (Lipinski definition) is 0. The van der Waals surface area contributed by atoms with E-state index in [0.717, 1.165) is 54.8 Å². The predicted molar refractivity (Wildman–Crippen MR) is 120 cm³/mol. The van der Waals surface area contributed by atoms with Crippen molar-refractivity contribution in [2.75, 3.05) is 33.7 Å². The number of para-hydroxylation sites is 1. The molecule has 0 bridgehead atoms. The van der Waals surface area contributed by atoms with Crippen LogP contribution in [-0.2, 0) is 19.5 Å². The lowest BCUT2D eigenvalue weighted by Crippen LogP contribution is -2.39. The van der Waals surface area contributed by atoms with Gasteiger partial charge in [0, 0.05) is 24.5 Å². The molecule has 0 radical (unpaired) electrons. The van der Waals surface area contributed by atoms with Crippen LogP contribution in [0.15, 0.2) is 39.9 Å². The molecule has 7 heteroatoms. The van der Waals surface area contributed by atoms with E-state index >= 15 is 0 Å². The number of thiophene rings is 1. The lowest BCUT2D eigenvalue weighted by Gasteiger charge is -2.24. The molecule has 3 aromatic rings. The summed E-state index contributed by atoms with van der Waals surface area (Å²) < 4.78 is 3.18. The predicted octanol–water partition coefficient (Wildman–Crippen LogP) is 2.54. The number of aryl methyl sites for hydroxylation is 1. The fourth-order valence-corrected chi connectivity index (χ4v) is 5.48. The van der Waals surface area contributed by atoms with Gasteiger partial charge in [-0.1, -0.05) is 25.1 Å². The SMILES string of the molecule is CCN1CCc2c(sc3c2c(=O)n(-c2ccccc2)c(=O)n3CCCN(C)C)C1. The minimum Gasteiger partial charge on any atom is -0.309 e. The van der Waals surface area contributed by atoms with Gasteiger partial charge in [-0.15, -0.1) is 11.3 Å². The van der Waals surface area contributed by atoms with E-state index in [-0.39, 0.29) is 11.2 Å². The van der Waals surface area contributed by atoms with Gasteiger partial charge in [0.2, 0.25) is 0 Å². The summed E-state index contributed by atoms with van der Waals surface area (Å²) in [6, 6.07) is 9.29. The maximum Gasteiger partial charge on any atom is 0.336 e. The van der Waals surface area contributed by atoms with Crippen LogP contribution in [0.5, 0.6) is 0 Å². The van der Waals surface area contributed by atoms with E-state index in [1.165, 1.54) is 9.44 Å². The molecular formula is C22H28N4O2S. The molecule has 0 N–H and O–H groups in total. The van der Waals surface area contributed by atoms with E-state index in [4.69, 9.17) is 0 Å². The Morgan fingerprint density at radius 3 is 2.59 bits per heavy atom. The molecule has 2 aromatic heterocycles. The van der Waals surface area contributed by atoms with Crippen molar-refractivity contribution in [2.24, 2.45) is 0 Å². The third-order valence-electron chi connectivity index (χ3n) is 5.65. The second-order valence-corrected chi connectivity index (χ2v) is 8.95. The molecule has 29 heavy (non-hydrogen) atoms. The van der Waals surface area contributed by atoms with Gasteiger partial charge < -0.3 is 4.90 Å². The first-order valence-electron chi connectivity index (χ1n) is 10.2. The van der Waals surface area contributed by atoms with Crippen molar-refractivity contribution in [1.82, 2.24) is 18.9 Å². The van der Waals surface area contributed by atoms with E-state index in [2.05, 4.69) is 16.7 Å². The molecule has 1 aliphatic rings. The number of likely N-dealkylation sites (N-methyl/N-ethyl adjacent to an activating group) is 1. The van der Waals surface area contributed by atoms with Crippen LogP contribution in [0.1, 0.15) is 23.8 Å². The summed E-state index contributed by atoms with van der Waals surface area (Å²) in [7, 11) is 4.07. The molecule has 154 valence electrons. The Labute approximate surface area is 174 Å². The average Bonchev–Trinajstić information content (AvgIpc) is 3.09. The summed E-state index contributed by atoms with van der Waals surface area (Å²) in [5.74, 6) is 0. The Balaban J connectivity index is 1.95. The van der Waals surface area contributed by atoms with E-state index < -0.39 is 0 Å². The average molecular weight is 413 g/mol. The first-order valence-corrected chi connectivity index (χ1v) is 11.1. The van der Waals surface area contributed by atoms with Crippen LogP contribution in [0.4, 0.5) is 0 Å². The van der Waals surface area contributed by atoms with Crippen LogP contribution < -0.4 is 11.2 Å². The number of benzene rings is 1. The van der Waals surface area contributed by atoms with E-state index in [1.54, 1.807) is 11.3 Å². The molecule has 0 atom stereocenters. The summed E-state index contributed by atoms with van der Waals surface area (Å²) in [6.45, 7) is 6.49. The van der Waals surface area contributed by atoms with Gasteiger partial charge in [-0.25, -0.2) is 9.36 Å². The highest BCUT2D eigenvalue weighted by molar-refractivity contribution is 7.18. The Morgan fingerprint density at radius 2 is 1.90 bits per heavy atom. The zero-order valence-corrected chi connectivity index (χ0v) is 18.2. The van der Waals surface area contributed by atoms with Crippen LogP contribution in [-0.4, -0.2) is 52.7 Å². The van der Waals surface area contributed by atoms with E-state index in [9.17, 15) is 9.59 Å². The Kier molecular flexibility index (Phi) is 5.72. The molecule has 0 saturated carbocycles. The second-order valence-electron chi connectivity index (χ2n) is 7.87. The lowest BCUT2D eigenvalue weighted by molar-refractivity contribution is 0.272. The van der Waals surface area contributed by atoms with Crippen LogP contribution in [0.3, 0.4) is 0 Å². The Morgan fingerprint density at radius 1 is 1.14 bits per heavy atom. The molecule has 0 aliphatic carbocycles.